The molecule has 0 radical (unpaired) electrons. The highest BCUT2D eigenvalue weighted by Gasteiger charge is 2.21. The fourth-order valence-corrected chi connectivity index (χ4v) is 4.63. The number of nitrogens with zero attached hydrogens (tertiary/aromatic N) is 2. The molecule has 4 nitrogen and oxygen atoms in total. The van der Waals surface area contributed by atoms with E-state index >= 15 is 0 Å². The SMILES string of the molecule is CSc1nc(NCc2ccco2)c2c3c(sc2n1)CCCC3. The Morgan fingerprint density at radius 3 is 3.05 bits per heavy atom. The minimum Gasteiger partial charge on any atom is -0.467 e. The van der Waals surface area contributed by atoms with E-state index in [-0.39, 0.29) is 0 Å². The number of aromatic nitrogens is 2. The molecular weight excluding hydrogens is 314 g/mol. The van der Waals surface area contributed by atoms with E-state index in [1.165, 1.54) is 35.1 Å². The number of furan rings is 1. The van der Waals surface area contributed by atoms with Crippen LogP contribution < -0.4 is 5.32 Å². The molecule has 0 aliphatic heterocycles. The van der Waals surface area contributed by atoms with Crippen LogP contribution in [0.3, 0.4) is 0 Å². The van der Waals surface area contributed by atoms with Crippen molar-refractivity contribution in [2.24, 2.45) is 0 Å². The zero-order chi connectivity index (χ0) is 14.9. The van der Waals surface area contributed by atoms with Crippen LogP contribution in [0, 0.1) is 0 Å². The van der Waals surface area contributed by atoms with Crippen molar-refractivity contribution in [3.8, 4) is 0 Å². The van der Waals surface area contributed by atoms with Crippen molar-refractivity contribution in [2.75, 3.05) is 11.6 Å². The Balaban J connectivity index is 1.78. The Morgan fingerprint density at radius 2 is 2.23 bits per heavy atom. The van der Waals surface area contributed by atoms with Crippen molar-refractivity contribution < 1.29 is 4.42 Å². The molecule has 1 aliphatic rings. The Bertz CT molecular complexity index is 795. The van der Waals surface area contributed by atoms with Gasteiger partial charge in [0.25, 0.3) is 0 Å². The molecule has 0 saturated carbocycles. The molecule has 0 amide bonds. The average Bonchev–Trinajstić information content (AvgIpc) is 3.19. The predicted octanol–water partition coefficient (Wildman–Crippen LogP) is 4.50. The van der Waals surface area contributed by atoms with E-state index in [2.05, 4.69) is 5.32 Å². The van der Waals surface area contributed by atoms with Gasteiger partial charge in [0.05, 0.1) is 18.2 Å². The third-order valence-corrected chi connectivity index (χ3v) is 5.72. The molecule has 3 aromatic rings. The van der Waals surface area contributed by atoms with Gasteiger partial charge < -0.3 is 9.73 Å². The van der Waals surface area contributed by atoms with E-state index in [1.807, 2.05) is 29.7 Å². The van der Waals surface area contributed by atoms with E-state index in [1.54, 1.807) is 18.0 Å². The smallest absolute Gasteiger partial charge is 0.190 e. The van der Waals surface area contributed by atoms with Gasteiger partial charge in [-0.1, -0.05) is 11.8 Å². The Labute approximate surface area is 137 Å². The van der Waals surface area contributed by atoms with E-state index in [9.17, 15) is 0 Å². The highest BCUT2D eigenvalue weighted by atomic mass is 32.2. The van der Waals surface area contributed by atoms with Crippen LogP contribution in [-0.2, 0) is 19.4 Å². The van der Waals surface area contributed by atoms with E-state index in [4.69, 9.17) is 14.4 Å². The summed E-state index contributed by atoms with van der Waals surface area (Å²) in [5, 5.41) is 5.50. The monoisotopic (exact) mass is 331 g/mol. The zero-order valence-electron chi connectivity index (χ0n) is 12.4. The number of thioether (sulfide) groups is 1. The number of fused-ring (bicyclic) bond motifs is 3. The second-order valence-electron chi connectivity index (χ2n) is 5.38. The lowest BCUT2D eigenvalue weighted by atomic mass is 9.97. The number of aryl methyl sites for hydroxylation is 2. The van der Waals surface area contributed by atoms with Crippen LogP contribution in [0.4, 0.5) is 5.82 Å². The highest BCUT2D eigenvalue weighted by Crippen LogP contribution is 2.39. The van der Waals surface area contributed by atoms with E-state index in [0.29, 0.717) is 6.54 Å². The number of hydrogen-bond acceptors (Lipinski definition) is 6. The summed E-state index contributed by atoms with van der Waals surface area (Å²) >= 11 is 3.43. The Morgan fingerprint density at radius 1 is 1.32 bits per heavy atom. The van der Waals surface area contributed by atoms with Gasteiger partial charge in [-0.25, -0.2) is 9.97 Å². The molecule has 0 bridgehead atoms. The van der Waals surface area contributed by atoms with E-state index in [0.717, 1.165) is 28.0 Å². The summed E-state index contributed by atoms with van der Waals surface area (Å²) in [6.07, 6.45) is 8.60. The van der Waals surface area contributed by atoms with Gasteiger partial charge in [-0.3, -0.25) is 0 Å². The molecule has 3 aromatic heterocycles. The first-order chi connectivity index (χ1) is 10.8. The van der Waals surface area contributed by atoms with Gasteiger partial charge in [0.1, 0.15) is 16.4 Å². The summed E-state index contributed by atoms with van der Waals surface area (Å²) in [6.45, 7) is 0.650. The summed E-state index contributed by atoms with van der Waals surface area (Å²) in [5.74, 6) is 1.87. The van der Waals surface area contributed by atoms with Gasteiger partial charge in [0.15, 0.2) is 5.16 Å². The zero-order valence-corrected chi connectivity index (χ0v) is 14.0. The number of rotatable bonds is 4. The number of thiophene rings is 1. The first-order valence-electron chi connectivity index (χ1n) is 7.47. The molecule has 0 unspecified atom stereocenters. The Kier molecular flexibility index (Phi) is 3.80. The topological polar surface area (TPSA) is 51.0 Å². The summed E-state index contributed by atoms with van der Waals surface area (Å²) in [5.41, 5.74) is 1.46. The van der Waals surface area contributed by atoms with Gasteiger partial charge in [-0.05, 0) is 49.6 Å². The van der Waals surface area contributed by atoms with Gasteiger partial charge in [-0.2, -0.15) is 0 Å². The fraction of sp³-hybridized carbons (Fsp3) is 0.375. The molecular formula is C16H17N3OS2. The minimum absolute atomic E-state index is 0.650. The summed E-state index contributed by atoms with van der Waals surface area (Å²) in [6, 6.07) is 3.89. The highest BCUT2D eigenvalue weighted by molar-refractivity contribution is 7.98. The molecule has 114 valence electrons. The standard InChI is InChI=1S/C16H17N3OS2/c1-21-16-18-14(17-9-10-5-4-8-20-10)13-11-6-2-3-7-12(11)22-15(13)19-16/h4-5,8H,2-3,6-7,9H2,1H3,(H,17,18,19). The van der Waals surface area contributed by atoms with Crippen LogP contribution in [0.15, 0.2) is 28.0 Å². The van der Waals surface area contributed by atoms with Crippen molar-refractivity contribution in [1.29, 1.82) is 0 Å². The first-order valence-corrected chi connectivity index (χ1v) is 9.52. The minimum atomic E-state index is 0.650. The summed E-state index contributed by atoms with van der Waals surface area (Å²) < 4.78 is 5.41. The lowest BCUT2D eigenvalue weighted by Gasteiger charge is -2.12. The predicted molar refractivity (Wildman–Crippen MR) is 91.9 cm³/mol. The second kappa shape index (κ2) is 5.93. The van der Waals surface area contributed by atoms with Crippen LogP contribution in [0.25, 0.3) is 10.2 Å². The largest absolute Gasteiger partial charge is 0.467 e. The van der Waals surface area contributed by atoms with Crippen molar-refractivity contribution in [3.63, 3.8) is 0 Å². The van der Waals surface area contributed by atoms with Gasteiger partial charge in [0, 0.05) is 4.88 Å². The maximum Gasteiger partial charge on any atom is 0.190 e. The van der Waals surface area contributed by atoms with Crippen LogP contribution in [0.2, 0.25) is 0 Å². The molecule has 0 saturated heterocycles. The molecule has 0 spiro atoms. The second-order valence-corrected chi connectivity index (χ2v) is 7.24. The van der Waals surface area contributed by atoms with Crippen LogP contribution in [-0.4, -0.2) is 16.2 Å². The number of nitrogens with one attached hydrogen (secondary N) is 1. The normalized spacial score (nSPS) is 14.2. The average molecular weight is 331 g/mol. The maximum absolute atomic E-state index is 5.41. The lowest BCUT2D eigenvalue weighted by molar-refractivity contribution is 0.518. The van der Waals surface area contributed by atoms with Gasteiger partial charge in [-0.15, -0.1) is 11.3 Å². The molecule has 0 aromatic carbocycles. The molecule has 6 heteroatoms. The number of anilines is 1. The van der Waals surface area contributed by atoms with Crippen molar-refractivity contribution in [2.45, 2.75) is 37.4 Å². The summed E-state index contributed by atoms with van der Waals surface area (Å²) in [4.78, 5) is 12.0. The number of hydrogen-bond donors (Lipinski definition) is 1. The van der Waals surface area contributed by atoms with Crippen LogP contribution >= 0.6 is 23.1 Å². The third-order valence-electron chi connectivity index (χ3n) is 3.99. The molecule has 4 rings (SSSR count). The lowest BCUT2D eigenvalue weighted by Crippen LogP contribution is -2.05. The maximum atomic E-state index is 5.41. The van der Waals surface area contributed by atoms with E-state index < -0.39 is 0 Å². The Hall–Kier alpha value is -1.53. The summed E-state index contributed by atoms with van der Waals surface area (Å²) in [7, 11) is 0. The molecule has 0 fully saturated rings. The molecule has 1 aliphatic carbocycles. The van der Waals surface area contributed by atoms with Crippen LogP contribution in [0.1, 0.15) is 29.0 Å². The van der Waals surface area contributed by atoms with Crippen molar-refractivity contribution in [1.82, 2.24) is 9.97 Å². The quantitative estimate of drug-likeness (QED) is 0.563. The van der Waals surface area contributed by atoms with Crippen molar-refractivity contribution >= 4 is 39.1 Å². The molecule has 0 atom stereocenters. The van der Waals surface area contributed by atoms with Crippen LogP contribution in [0.5, 0.6) is 0 Å². The van der Waals surface area contributed by atoms with Gasteiger partial charge >= 0.3 is 0 Å². The fourth-order valence-electron chi connectivity index (χ4n) is 2.94. The van der Waals surface area contributed by atoms with Crippen molar-refractivity contribution in [3.05, 3.63) is 34.6 Å². The van der Waals surface area contributed by atoms with Gasteiger partial charge in [0.2, 0.25) is 0 Å². The molecule has 1 N–H and O–H groups in total. The first kappa shape index (κ1) is 14.1. The molecule has 22 heavy (non-hydrogen) atoms. The molecule has 3 heterocycles. The third kappa shape index (κ3) is 2.50.